The van der Waals surface area contributed by atoms with Crippen LogP contribution in [0.3, 0.4) is 0 Å². The molecule has 1 aliphatic heterocycles. The molecule has 1 saturated heterocycles. The van der Waals surface area contributed by atoms with Crippen LogP contribution in [-0.2, 0) is 11.3 Å². The Labute approximate surface area is 151 Å². The number of hydrogen-bond acceptors (Lipinski definition) is 3. The summed E-state index contributed by atoms with van der Waals surface area (Å²) >= 11 is 1.83. The van der Waals surface area contributed by atoms with Gasteiger partial charge in [-0.05, 0) is 23.8 Å². The number of aromatic nitrogens is 1. The number of carbonyl (C=O) groups is 1. The Hall–Kier alpha value is -2.40. The number of nitrogens with one attached hydrogen (secondary N) is 1. The third kappa shape index (κ3) is 3.12. The highest BCUT2D eigenvalue weighted by molar-refractivity contribution is 7.99. The Morgan fingerprint density at radius 2 is 2.12 bits per heavy atom. The summed E-state index contributed by atoms with van der Waals surface area (Å²) in [5.41, 5.74) is 3.37. The fraction of sp³-hybridized carbons (Fsp3) is 0.250. The lowest BCUT2D eigenvalue weighted by molar-refractivity contribution is -0.132. The number of amides is 1. The highest BCUT2D eigenvalue weighted by atomic mass is 32.2. The molecule has 0 aliphatic carbocycles. The number of H-pyrrole nitrogens is 1. The Morgan fingerprint density at radius 1 is 1.24 bits per heavy atom. The molecule has 0 saturated carbocycles. The molecule has 1 N–H and O–H groups in total. The number of fused-ring (bicyclic) bond motifs is 1. The predicted molar refractivity (Wildman–Crippen MR) is 102 cm³/mol. The molecule has 1 unspecified atom stereocenters. The molecule has 25 heavy (non-hydrogen) atoms. The van der Waals surface area contributed by atoms with Crippen LogP contribution >= 0.6 is 11.8 Å². The summed E-state index contributed by atoms with van der Waals surface area (Å²) in [6, 6.07) is 16.2. The Bertz CT molecular complexity index is 905. The predicted octanol–water partition coefficient (Wildman–Crippen LogP) is 4.34. The van der Waals surface area contributed by atoms with E-state index in [4.69, 9.17) is 4.74 Å². The first-order chi connectivity index (χ1) is 12.3. The van der Waals surface area contributed by atoms with Crippen LogP contribution in [0.15, 0.2) is 54.7 Å². The van der Waals surface area contributed by atoms with E-state index in [0.717, 1.165) is 22.6 Å². The lowest BCUT2D eigenvalue weighted by Gasteiger charge is -2.35. The van der Waals surface area contributed by atoms with Crippen LogP contribution in [0.25, 0.3) is 10.9 Å². The van der Waals surface area contributed by atoms with Crippen LogP contribution < -0.4 is 4.74 Å². The Morgan fingerprint density at radius 3 is 3.00 bits per heavy atom. The molecule has 0 bridgehead atoms. The van der Waals surface area contributed by atoms with E-state index in [1.807, 2.05) is 59.3 Å². The van der Waals surface area contributed by atoms with Crippen LogP contribution in [0.4, 0.5) is 0 Å². The zero-order valence-corrected chi connectivity index (χ0v) is 14.9. The van der Waals surface area contributed by atoms with Crippen molar-refractivity contribution in [3.05, 3.63) is 65.9 Å². The van der Waals surface area contributed by atoms with Crippen LogP contribution in [-0.4, -0.2) is 28.7 Å². The Balaban J connectivity index is 1.68. The molecule has 5 heteroatoms. The van der Waals surface area contributed by atoms with Crippen molar-refractivity contribution in [2.24, 2.45) is 0 Å². The van der Waals surface area contributed by atoms with Gasteiger partial charge < -0.3 is 14.6 Å². The Kier molecular flexibility index (Phi) is 4.40. The van der Waals surface area contributed by atoms with Crippen molar-refractivity contribution < 1.29 is 9.53 Å². The third-order valence-corrected chi connectivity index (χ3v) is 5.83. The van der Waals surface area contributed by atoms with Crippen molar-refractivity contribution in [1.82, 2.24) is 9.88 Å². The summed E-state index contributed by atoms with van der Waals surface area (Å²) in [6.45, 7) is 0.590. The first-order valence-corrected chi connectivity index (χ1v) is 9.41. The quantitative estimate of drug-likeness (QED) is 0.760. The van der Waals surface area contributed by atoms with Crippen LogP contribution in [0.1, 0.15) is 22.9 Å². The van der Waals surface area contributed by atoms with Gasteiger partial charge in [0.1, 0.15) is 11.1 Å². The summed E-state index contributed by atoms with van der Waals surface area (Å²) in [6.07, 6.45) is 2.63. The van der Waals surface area contributed by atoms with E-state index in [1.54, 1.807) is 7.11 Å². The molecule has 1 aromatic heterocycles. The molecule has 1 amide bonds. The normalized spacial score (nSPS) is 17.9. The van der Waals surface area contributed by atoms with Gasteiger partial charge in [0.15, 0.2) is 0 Å². The lowest BCUT2D eigenvalue weighted by Crippen LogP contribution is -2.36. The number of thioether (sulfide) groups is 1. The van der Waals surface area contributed by atoms with E-state index in [-0.39, 0.29) is 11.3 Å². The molecule has 128 valence electrons. The molecule has 3 aromatic rings. The van der Waals surface area contributed by atoms with Crippen molar-refractivity contribution >= 4 is 28.6 Å². The van der Waals surface area contributed by atoms with Gasteiger partial charge in [-0.2, -0.15) is 0 Å². The standard InChI is InChI=1S/C20H20N2O2S/c1-24-15-6-4-5-14(11-15)13-22-19(23)9-10-25-20(22)17-12-21-18-8-3-2-7-16(17)18/h2-8,11-12,20-21H,9-10,13H2,1H3. The maximum Gasteiger partial charge on any atom is 0.224 e. The maximum atomic E-state index is 12.7. The number of ether oxygens (including phenoxy) is 1. The van der Waals surface area contributed by atoms with Gasteiger partial charge in [-0.25, -0.2) is 0 Å². The summed E-state index contributed by atoms with van der Waals surface area (Å²) in [7, 11) is 1.66. The van der Waals surface area contributed by atoms with Crippen molar-refractivity contribution in [3.8, 4) is 5.75 Å². The number of hydrogen-bond donors (Lipinski definition) is 1. The van der Waals surface area contributed by atoms with E-state index in [0.29, 0.717) is 13.0 Å². The molecule has 1 atom stereocenters. The molecule has 1 fully saturated rings. The van der Waals surface area contributed by atoms with Gasteiger partial charge in [-0.15, -0.1) is 11.8 Å². The molecule has 2 heterocycles. The number of carbonyl (C=O) groups excluding carboxylic acids is 1. The molecule has 0 radical (unpaired) electrons. The van der Waals surface area contributed by atoms with E-state index >= 15 is 0 Å². The fourth-order valence-corrected chi connectivity index (χ4v) is 4.58. The van der Waals surface area contributed by atoms with Gasteiger partial charge in [0.2, 0.25) is 5.91 Å². The molecular formula is C20H20N2O2S. The second kappa shape index (κ2) is 6.84. The molecular weight excluding hydrogens is 332 g/mol. The zero-order valence-electron chi connectivity index (χ0n) is 14.1. The van der Waals surface area contributed by atoms with Gasteiger partial charge in [0.05, 0.1) is 7.11 Å². The summed E-state index contributed by atoms with van der Waals surface area (Å²) < 4.78 is 5.31. The number of nitrogens with zero attached hydrogens (tertiary/aromatic N) is 1. The van der Waals surface area contributed by atoms with E-state index in [1.165, 1.54) is 10.9 Å². The van der Waals surface area contributed by atoms with Crippen molar-refractivity contribution in [2.45, 2.75) is 18.3 Å². The molecule has 4 rings (SSSR count). The fourth-order valence-electron chi connectivity index (χ4n) is 3.32. The first kappa shape index (κ1) is 16.1. The second-order valence-corrected chi connectivity index (χ2v) is 7.32. The average Bonchev–Trinajstić information content (AvgIpc) is 3.07. The van der Waals surface area contributed by atoms with Gasteiger partial charge in [0.25, 0.3) is 0 Å². The van der Waals surface area contributed by atoms with Gasteiger partial charge in [-0.3, -0.25) is 4.79 Å². The monoisotopic (exact) mass is 352 g/mol. The minimum Gasteiger partial charge on any atom is -0.497 e. The number of benzene rings is 2. The number of aromatic amines is 1. The van der Waals surface area contributed by atoms with Gasteiger partial charge in [0, 0.05) is 41.4 Å². The SMILES string of the molecule is COc1cccc(CN2C(=O)CCSC2c2c[nH]c3ccccc23)c1. The minimum atomic E-state index is 0.0311. The van der Waals surface area contributed by atoms with Crippen molar-refractivity contribution in [3.63, 3.8) is 0 Å². The minimum absolute atomic E-state index is 0.0311. The largest absolute Gasteiger partial charge is 0.497 e. The topological polar surface area (TPSA) is 45.3 Å². The van der Waals surface area contributed by atoms with Crippen molar-refractivity contribution in [1.29, 1.82) is 0 Å². The maximum absolute atomic E-state index is 12.7. The van der Waals surface area contributed by atoms with Crippen LogP contribution in [0.2, 0.25) is 0 Å². The summed E-state index contributed by atoms with van der Waals surface area (Å²) in [5.74, 6) is 1.88. The highest BCUT2D eigenvalue weighted by Gasteiger charge is 2.31. The van der Waals surface area contributed by atoms with Gasteiger partial charge in [-0.1, -0.05) is 30.3 Å². The van der Waals surface area contributed by atoms with Gasteiger partial charge >= 0.3 is 0 Å². The van der Waals surface area contributed by atoms with E-state index in [2.05, 4.69) is 17.1 Å². The summed E-state index contributed by atoms with van der Waals surface area (Å²) in [5, 5.41) is 1.22. The number of rotatable bonds is 4. The second-order valence-electron chi connectivity index (χ2n) is 6.14. The van der Waals surface area contributed by atoms with Crippen LogP contribution in [0, 0.1) is 0 Å². The van der Waals surface area contributed by atoms with Crippen molar-refractivity contribution in [2.75, 3.05) is 12.9 Å². The number of methoxy groups -OCH3 is 1. The summed E-state index contributed by atoms with van der Waals surface area (Å²) in [4.78, 5) is 18.0. The zero-order chi connectivity index (χ0) is 17.2. The molecule has 0 spiro atoms. The third-order valence-electron chi connectivity index (χ3n) is 4.57. The smallest absolute Gasteiger partial charge is 0.224 e. The molecule has 4 nitrogen and oxygen atoms in total. The van der Waals surface area contributed by atoms with Crippen LogP contribution in [0.5, 0.6) is 5.75 Å². The highest BCUT2D eigenvalue weighted by Crippen LogP contribution is 2.41. The average molecular weight is 352 g/mol. The molecule has 2 aromatic carbocycles. The first-order valence-electron chi connectivity index (χ1n) is 8.36. The lowest BCUT2D eigenvalue weighted by atomic mass is 10.1. The number of para-hydroxylation sites is 1. The van der Waals surface area contributed by atoms with E-state index in [9.17, 15) is 4.79 Å². The van der Waals surface area contributed by atoms with E-state index < -0.39 is 0 Å². The molecule has 1 aliphatic rings.